The van der Waals surface area contributed by atoms with Gasteiger partial charge in [0.15, 0.2) is 0 Å². The van der Waals surface area contributed by atoms with E-state index in [0.717, 1.165) is 62.2 Å². The predicted molar refractivity (Wildman–Crippen MR) is 191 cm³/mol. The largest absolute Gasteiger partial charge is 0.508 e. The summed E-state index contributed by atoms with van der Waals surface area (Å²) in [6.07, 6.45) is 36.4. The lowest BCUT2D eigenvalue weighted by Gasteiger charge is -2.18. The molecule has 0 spiro atoms. The Morgan fingerprint density at radius 2 is 1.12 bits per heavy atom. The van der Waals surface area contributed by atoms with Crippen molar-refractivity contribution in [2.24, 2.45) is 0 Å². The quantitative estimate of drug-likeness (QED) is 0.0228. The van der Waals surface area contributed by atoms with Gasteiger partial charge < -0.3 is 14.2 Å². The van der Waals surface area contributed by atoms with Crippen LogP contribution < -0.4 is 0 Å². The van der Waals surface area contributed by atoms with Gasteiger partial charge in [-0.1, -0.05) is 151 Å². The third-order valence-electron chi connectivity index (χ3n) is 7.67. The maximum Gasteiger partial charge on any atom is 0.508 e. The number of rotatable bonds is 32. The number of carbonyl (C=O) groups excluding carboxylic acids is 2. The summed E-state index contributed by atoms with van der Waals surface area (Å²) in [5.74, 6) is -0.145. The maximum atomic E-state index is 12.2. The summed E-state index contributed by atoms with van der Waals surface area (Å²) in [6, 6.07) is 0. The molecule has 0 saturated heterocycles. The Balaban J connectivity index is 3.97. The molecule has 6 heteroatoms. The van der Waals surface area contributed by atoms with Crippen molar-refractivity contribution in [2.45, 2.75) is 180 Å². The van der Waals surface area contributed by atoms with Crippen LogP contribution in [0.2, 0.25) is 0 Å². The molecule has 1 unspecified atom stereocenters. The van der Waals surface area contributed by atoms with Crippen LogP contribution in [0.3, 0.4) is 0 Å². The van der Waals surface area contributed by atoms with Gasteiger partial charge in [0, 0.05) is 17.3 Å². The number of unbranched alkanes of at least 4 members (excludes halogenated alkanes) is 17. The summed E-state index contributed by atoms with van der Waals surface area (Å²) in [4.78, 5) is 24.3. The molecule has 0 saturated carbocycles. The average molecular weight is 719 g/mol. The van der Waals surface area contributed by atoms with Crippen LogP contribution in [0.4, 0.5) is 4.79 Å². The molecule has 0 fully saturated rings. The number of carbonyl (C=O) groups is 2. The molecular formula is C37H67IO5. The van der Waals surface area contributed by atoms with Gasteiger partial charge >= 0.3 is 12.1 Å². The molecule has 0 aromatic heterocycles. The molecule has 0 heterocycles. The van der Waals surface area contributed by atoms with Crippen molar-refractivity contribution >= 4 is 34.7 Å². The van der Waals surface area contributed by atoms with Gasteiger partial charge in [-0.05, 0) is 57.8 Å². The highest BCUT2D eigenvalue weighted by Crippen LogP contribution is 2.16. The average Bonchev–Trinajstić information content (AvgIpc) is 3.00. The molecule has 252 valence electrons. The first kappa shape index (κ1) is 42.0. The minimum atomic E-state index is -0.599. The fourth-order valence-electron chi connectivity index (χ4n) is 4.96. The highest BCUT2D eigenvalue weighted by Gasteiger charge is 2.16. The van der Waals surface area contributed by atoms with E-state index in [2.05, 4.69) is 60.7 Å². The van der Waals surface area contributed by atoms with Crippen molar-refractivity contribution in [3.05, 3.63) is 24.3 Å². The van der Waals surface area contributed by atoms with E-state index in [0.29, 0.717) is 26.1 Å². The fraction of sp³-hybridized carbons (Fsp3) is 0.838. The number of esters is 1. The number of ether oxygens (including phenoxy) is 3. The van der Waals surface area contributed by atoms with Gasteiger partial charge in [-0.15, -0.1) is 0 Å². The van der Waals surface area contributed by atoms with E-state index in [-0.39, 0.29) is 12.1 Å². The number of alkyl halides is 1. The second kappa shape index (κ2) is 35.4. The standard InChI is InChI=1S/C37H67IO5/c1-3-5-7-9-11-13-15-16-17-18-19-21-23-25-27-30-36(39)41-34-31-35(43-37(40)42-33-28-32-38)29-26-24-22-20-14-12-10-8-6-4-2/h11,13,16-17,35H,3-10,12,14-15,18-34H2,1-2H3/b13-11-,17-16-. The van der Waals surface area contributed by atoms with Crippen LogP contribution in [-0.2, 0) is 19.0 Å². The van der Waals surface area contributed by atoms with Crippen LogP contribution >= 0.6 is 22.6 Å². The monoisotopic (exact) mass is 718 g/mol. The van der Waals surface area contributed by atoms with E-state index < -0.39 is 6.16 Å². The van der Waals surface area contributed by atoms with Gasteiger partial charge in [0.2, 0.25) is 0 Å². The Kier molecular flexibility index (Phi) is 34.6. The second-order valence-electron chi connectivity index (χ2n) is 11.8. The van der Waals surface area contributed by atoms with E-state index in [1.807, 2.05) is 0 Å². The summed E-state index contributed by atoms with van der Waals surface area (Å²) in [5, 5.41) is 0. The molecule has 0 radical (unpaired) electrons. The molecule has 0 aliphatic heterocycles. The van der Waals surface area contributed by atoms with E-state index in [1.165, 1.54) is 89.9 Å². The zero-order valence-corrected chi connectivity index (χ0v) is 30.3. The molecule has 5 nitrogen and oxygen atoms in total. The van der Waals surface area contributed by atoms with Crippen LogP contribution in [0, 0.1) is 0 Å². The van der Waals surface area contributed by atoms with Crippen LogP contribution in [0.1, 0.15) is 174 Å². The Labute approximate surface area is 279 Å². The molecular weight excluding hydrogens is 651 g/mol. The first-order valence-corrected chi connectivity index (χ1v) is 19.5. The molecule has 0 aromatic rings. The predicted octanol–water partition coefficient (Wildman–Crippen LogP) is 12.4. The summed E-state index contributed by atoms with van der Waals surface area (Å²) in [7, 11) is 0. The molecule has 43 heavy (non-hydrogen) atoms. The lowest BCUT2D eigenvalue weighted by molar-refractivity contribution is -0.144. The first-order chi connectivity index (χ1) is 21.1. The zero-order chi connectivity index (χ0) is 31.5. The van der Waals surface area contributed by atoms with Gasteiger partial charge in [-0.2, -0.15) is 0 Å². The van der Waals surface area contributed by atoms with E-state index in [1.54, 1.807) is 0 Å². The summed E-state index contributed by atoms with van der Waals surface area (Å²) < 4.78 is 17.2. The third-order valence-corrected chi connectivity index (χ3v) is 8.44. The van der Waals surface area contributed by atoms with Crippen molar-refractivity contribution in [1.82, 2.24) is 0 Å². The van der Waals surface area contributed by atoms with Crippen LogP contribution in [-0.4, -0.2) is 35.9 Å². The summed E-state index contributed by atoms with van der Waals surface area (Å²) >= 11 is 2.27. The van der Waals surface area contributed by atoms with Crippen LogP contribution in [0.25, 0.3) is 0 Å². The third kappa shape index (κ3) is 33.7. The normalized spacial score (nSPS) is 12.3. The molecule has 0 aromatic carbocycles. The number of halogens is 1. The Hall–Kier alpha value is -1.05. The first-order valence-electron chi connectivity index (χ1n) is 18.0. The van der Waals surface area contributed by atoms with Crippen molar-refractivity contribution in [3.63, 3.8) is 0 Å². The fourth-order valence-corrected chi connectivity index (χ4v) is 5.27. The minimum absolute atomic E-state index is 0.145. The van der Waals surface area contributed by atoms with Gasteiger partial charge in [-0.3, -0.25) is 4.79 Å². The zero-order valence-electron chi connectivity index (χ0n) is 28.1. The molecule has 0 N–H and O–H groups in total. The number of hydrogen-bond donors (Lipinski definition) is 0. The lowest BCUT2D eigenvalue weighted by atomic mass is 10.0. The smallest absolute Gasteiger partial charge is 0.466 e. The van der Waals surface area contributed by atoms with Gasteiger partial charge in [0.25, 0.3) is 0 Å². The van der Waals surface area contributed by atoms with E-state index in [9.17, 15) is 9.59 Å². The molecule has 0 aliphatic rings. The van der Waals surface area contributed by atoms with Crippen LogP contribution in [0.15, 0.2) is 24.3 Å². The Morgan fingerprint density at radius 3 is 1.74 bits per heavy atom. The minimum Gasteiger partial charge on any atom is -0.466 e. The van der Waals surface area contributed by atoms with Crippen molar-refractivity contribution in [2.75, 3.05) is 17.6 Å². The molecule has 0 amide bonds. The van der Waals surface area contributed by atoms with Crippen molar-refractivity contribution < 1.29 is 23.8 Å². The second-order valence-corrected chi connectivity index (χ2v) is 12.9. The van der Waals surface area contributed by atoms with Gasteiger partial charge in [0.05, 0.1) is 13.2 Å². The Bertz CT molecular complexity index is 663. The maximum absolute atomic E-state index is 12.2. The highest BCUT2D eigenvalue weighted by atomic mass is 127. The van der Waals surface area contributed by atoms with Gasteiger partial charge in [0.1, 0.15) is 6.10 Å². The summed E-state index contributed by atoms with van der Waals surface area (Å²) in [6.45, 7) is 5.18. The van der Waals surface area contributed by atoms with Gasteiger partial charge in [-0.25, -0.2) is 4.79 Å². The molecule has 0 aliphatic carbocycles. The Morgan fingerprint density at radius 1 is 0.581 bits per heavy atom. The topological polar surface area (TPSA) is 61.8 Å². The summed E-state index contributed by atoms with van der Waals surface area (Å²) in [5.41, 5.74) is 0. The lowest BCUT2D eigenvalue weighted by Crippen LogP contribution is -2.22. The van der Waals surface area contributed by atoms with E-state index in [4.69, 9.17) is 14.2 Å². The van der Waals surface area contributed by atoms with Crippen molar-refractivity contribution in [3.8, 4) is 0 Å². The van der Waals surface area contributed by atoms with E-state index >= 15 is 0 Å². The SMILES string of the molecule is CCCCC/C=C\C/C=C\CCCCCCCC(=O)OCCC(CCCCCCCCCCCC)OC(=O)OCCCI. The van der Waals surface area contributed by atoms with Crippen molar-refractivity contribution in [1.29, 1.82) is 0 Å². The highest BCUT2D eigenvalue weighted by molar-refractivity contribution is 14.1. The molecule has 0 rings (SSSR count). The molecule has 1 atom stereocenters. The molecule has 0 bridgehead atoms. The number of allylic oxidation sites excluding steroid dienone is 4. The van der Waals surface area contributed by atoms with Crippen LogP contribution in [0.5, 0.6) is 0 Å². The number of hydrogen-bond acceptors (Lipinski definition) is 5.